The number of carboxylic acid groups (broad SMARTS) is 1. The fourth-order valence-electron chi connectivity index (χ4n) is 1.19. The molecule has 16 heavy (non-hydrogen) atoms. The number of rotatable bonds is 5. The predicted octanol–water partition coefficient (Wildman–Crippen LogP) is 1.82. The Bertz CT molecular complexity index is 389. The highest BCUT2D eigenvalue weighted by atomic mass is 32.1. The molecule has 1 rings (SSSR count). The molecule has 0 fully saturated rings. The number of aromatic carboxylic acids is 1. The summed E-state index contributed by atoms with van der Waals surface area (Å²) in [5.74, 6) is -1.09. The minimum Gasteiger partial charge on any atom is -0.476 e. The van der Waals surface area contributed by atoms with E-state index in [0.29, 0.717) is 11.4 Å². The van der Waals surface area contributed by atoms with Crippen LogP contribution in [0.2, 0.25) is 0 Å². The third-order valence-electron chi connectivity index (χ3n) is 1.97. The van der Waals surface area contributed by atoms with Crippen LogP contribution in [0.3, 0.4) is 0 Å². The number of carbonyl (C=O) groups is 2. The summed E-state index contributed by atoms with van der Waals surface area (Å²) >= 11 is 1.24. The summed E-state index contributed by atoms with van der Waals surface area (Å²) in [6.45, 7) is 3.72. The highest BCUT2D eigenvalue weighted by Crippen LogP contribution is 2.18. The zero-order valence-electron chi connectivity index (χ0n) is 9.19. The third kappa shape index (κ3) is 3.30. The molecule has 0 aliphatic carbocycles. The van der Waals surface area contributed by atoms with Crippen LogP contribution < -0.4 is 5.32 Å². The number of nitrogens with one attached hydrogen (secondary N) is 1. The summed E-state index contributed by atoms with van der Waals surface area (Å²) < 4.78 is 0. The molecule has 2 N–H and O–H groups in total. The lowest BCUT2D eigenvalue weighted by molar-refractivity contribution is -0.121. The number of thiazole rings is 1. The van der Waals surface area contributed by atoms with Crippen LogP contribution in [0.1, 0.15) is 48.2 Å². The van der Waals surface area contributed by atoms with Crippen molar-refractivity contribution < 1.29 is 14.7 Å². The molecule has 1 aromatic heterocycles. The first-order valence-electron chi connectivity index (χ1n) is 5.02. The van der Waals surface area contributed by atoms with E-state index in [-0.39, 0.29) is 17.6 Å². The summed E-state index contributed by atoms with van der Waals surface area (Å²) in [6, 6.07) is -0.239. The van der Waals surface area contributed by atoms with Gasteiger partial charge < -0.3 is 10.4 Å². The van der Waals surface area contributed by atoms with Crippen molar-refractivity contribution in [1.82, 2.24) is 10.3 Å². The minimum atomic E-state index is -1.05. The smallest absolute Gasteiger partial charge is 0.355 e. The van der Waals surface area contributed by atoms with Crippen LogP contribution in [-0.2, 0) is 4.79 Å². The molecule has 0 aliphatic rings. The average molecular weight is 242 g/mol. The van der Waals surface area contributed by atoms with Gasteiger partial charge in [0.05, 0.1) is 6.04 Å². The van der Waals surface area contributed by atoms with Crippen molar-refractivity contribution in [2.75, 3.05) is 0 Å². The van der Waals surface area contributed by atoms with Gasteiger partial charge in [-0.15, -0.1) is 11.3 Å². The van der Waals surface area contributed by atoms with Crippen molar-refractivity contribution >= 4 is 23.2 Å². The van der Waals surface area contributed by atoms with E-state index in [9.17, 15) is 9.59 Å². The van der Waals surface area contributed by atoms with Crippen LogP contribution in [0.4, 0.5) is 0 Å². The van der Waals surface area contributed by atoms with Crippen molar-refractivity contribution in [3.63, 3.8) is 0 Å². The summed E-state index contributed by atoms with van der Waals surface area (Å²) in [6.07, 6.45) is 1.26. The number of carbonyl (C=O) groups excluding carboxylic acids is 1. The first-order chi connectivity index (χ1) is 7.54. The molecule has 6 heteroatoms. The van der Waals surface area contributed by atoms with E-state index >= 15 is 0 Å². The first-order valence-corrected chi connectivity index (χ1v) is 5.90. The molecule has 1 amide bonds. The maximum Gasteiger partial charge on any atom is 0.355 e. The van der Waals surface area contributed by atoms with E-state index in [1.54, 1.807) is 6.92 Å². The number of amides is 1. The standard InChI is InChI=1S/C10H14N2O3S/c1-3-4-8(13)11-6(2)9-12-7(5-16-9)10(14)15/h5-6H,3-4H2,1-2H3,(H,11,13)(H,14,15). The van der Waals surface area contributed by atoms with Gasteiger partial charge in [0.1, 0.15) is 5.01 Å². The van der Waals surface area contributed by atoms with Crippen LogP contribution in [0.25, 0.3) is 0 Å². The van der Waals surface area contributed by atoms with Gasteiger partial charge in [-0.2, -0.15) is 0 Å². The molecule has 0 saturated carbocycles. The van der Waals surface area contributed by atoms with Crippen LogP contribution in [0, 0.1) is 0 Å². The number of hydrogen-bond donors (Lipinski definition) is 2. The van der Waals surface area contributed by atoms with Gasteiger partial charge in [-0.05, 0) is 13.3 Å². The van der Waals surface area contributed by atoms with E-state index in [1.807, 2.05) is 6.92 Å². The van der Waals surface area contributed by atoms with Crippen molar-refractivity contribution in [3.8, 4) is 0 Å². The molecular formula is C10H14N2O3S. The number of aromatic nitrogens is 1. The van der Waals surface area contributed by atoms with Gasteiger partial charge in [-0.1, -0.05) is 6.92 Å². The fourth-order valence-corrected chi connectivity index (χ4v) is 1.99. The Morgan fingerprint density at radius 1 is 1.62 bits per heavy atom. The maximum atomic E-state index is 11.3. The Balaban J connectivity index is 2.62. The van der Waals surface area contributed by atoms with Gasteiger partial charge in [0.25, 0.3) is 0 Å². The summed E-state index contributed by atoms with van der Waals surface area (Å²) in [5.41, 5.74) is 0.0246. The lowest BCUT2D eigenvalue weighted by atomic mass is 10.3. The van der Waals surface area contributed by atoms with Gasteiger partial charge in [0.15, 0.2) is 5.69 Å². The van der Waals surface area contributed by atoms with Gasteiger partial charge in [-0.25, -0.2) is 9.78 Å². The number of carboxylic acids is 1. The van der Waals surface area contributed by atoms with Crippen LogP contribution in [0.5, 0.6) is 0 Å². The molecule has 1 atom stereocenters. The maximum absolute atomic E-state index is 11.3. The lowest BCUT2D eigenvalue weighted by Crippen LogP contribution is -2.26. The van der Waals surface area contributed by atoms with Crippen molar-refractivity contribution in [2.24, 2.45) is 0 Å². The van der Waals surface area contributed by atoms with Crippen LogP contribution in [-0.4, -0.2) is 22.0 Å². The van der Waals surface area contributed by atoms with Crippen molar-refractivity contribution in [2.45, 2.75) is 32.7 Å². The summed E-state index contributed by atoms with van der Waals surface area (Å²) in [7, 11) is 0. The number of nitrogens with zero attached hydrogens (tertiary/aromatic N) is 1. The van der Waals surface area contributed by atoms with E-state index < -0.39 is 5.97 Å². The minimum absolute atomic E-state index is 0.0246. The zero-order chi connectivity index (χ0) is 12.1. The first kappa shape index (κ1) is 12.6. The molecular weight excluding hydrogens is 228 g/mol. The summed E-state index contributed by atoms with van der Waals surface area (Å²) in [4.78, 5) is 25.9. The highest BCUT2D eigenvalue weighted by Gasteiger charge is 2.15. The van der Waals surface area contributed by atoms with E-state index in [0.717, 1.165) is 6.42 Å². The average Bonchev–Trinajstić information content (AvgIpc) is 2.66. The normalized spacial score (nSPS) is 12.1. The van der Waals surface area contributed by atoms with Crippen molar-refractivity contribution in [1.29, 1.82) is 0 Å². The Morgan fingerprint density at radius 2 is 2.31 bits per heavy atom. The molecule has 1 heterocycles. The fraction of sp³-hybridized carbons (Fsp3) is 0.500. The van der Waals surface area contributed by atoms with E-state index in [2.05, 4.69) is 10.3 Å². The topological polar surface area (TPSA) is 79.3 Å². The third-order valence-corrected chi connectivity index (χ3v) is 2.99. The van der Waals surface area contributed by atoms with Gasteiger partial charge in [0.2, 0.25) is 5.91 Å². The second kappa shape index (κ2) is 5.60. The molecule has 0 aromatic carbocycles. The SMILES string of the molecule is CCCC(=O)NC(C)c1nc(C(=O)O)cs1. The van der Waals surface area contributed by atoms with E-state index in [1.165, 1.54) is 16.7 Å². The van der Waals surface area contributed by atoms with Gasteiger partial charge in [0, 0.05) is 11.8 Å². The number of hydrogen-bond acceptors (Lipinski definition) is 4. The second-order valence-electron chi connectivity index (χ2n) is 3.42. The van der Waals surface area contributed by atoms with Crippen molar-refractivity contribution in [3.05, 3.63) is 16.1 Å². The summed E-state index contributed by atoms with van der Waals surface area (Å²) in [5, 5.41) is 13.6. The monoisotopic (exact) mass is 242 g/mol. The molecule has 0 spiro atoms. The Morgan fingerprint density at radius 3 is 2.81 bits per heavy atom. The molecule has 0 saturated heterocycles. The van der Waals surface area contributed by atoms with Crippen LogP contribution in [0.15, 0.2) is 5.38 Å². The highest BCUT2D eigenvalue weighted by molar-refractivity contribution is 7.09. The second-order valence-corrected chi connectivity index (χ2v) is 4.31. The lowest BCUT2D eigenvalue weighted by Gasteiger charge is -2.10. The molecule has 1 aromatic rings. The van der Waals surface area contributed by atoms with Gasteiger partial charge in [-0.3, -0.25) is 4.79 Å². The molecule has 0 bridgehead atoms. The van der Waals surface area contributed by atoms with Crippen LogP contribution >= 0.6 is 11.3 Å². The molecule has 1 unspecified atom stereocenters. The largest absolute Gasteiger partial charge is 0.476 e. The van der Waals surface area contributed by atoms with Gasteiger partial charge >= 0.3 is 5.97 Å². The molecule has 88 valence electrons. The van der Waals surface area contributed by atoms with E-state index in [4.69, 9.17) is 5.11 Å². The Labute approximate surface area is 97.5 Å². The zero-order valence-corrected chi connectivity index (χ0v) is 10.0. The predicted molar refractivity (Wildman–Crippen MR) is 60.5 cm³/mol. The molecule has 5 nitrogen and oxygen atoms in total. The molecule has 0 radical (unpaired) electrons. The Hall–Kier alpha value is -1.43. The molecule has 0 aliphatic heterocycles. The Kier molecular flexibility index (Phi) is 4.42. The quantitative estimate of drug-likeness (QED) is 0.825.